The van der Waals surface area contributed by atoms with Crippen LogP contribution in [0.3, 0.4) is 0 Å². The Kier molecular flexibility index (Phi) is 3.01. The van der Waals surface area contributed by atoms with Crippen molar-refractivity contribution in [3.8, 4) is 11.5 Å². The highest BCUT2D eigenvalue weighted by Gasteiger charge is 2.14. The molecule has 0 saturated carbocycles. The van der Waals surface area contributed by atoms with Crippen molar-refractivity contribution in [1.29, 1.82) is 0 Å². The largest absolute Gasteiger partial charge is 0.504 e. The summed E-state index contributed by atoms with van der Waals surface area (Å²) in [7, 11) is 0. The van der Waals surface area contributed by atoms with Crippen molar-refractivity contribution in [2.24, 2.45) is 0 Å². The monoisotopic (exact) mass is 196 g/mol. The lowest BCUT2D eigenvalue weighted by Crippen LogP contribution is -2.02. The lowest BCUT2D eigenvalue weighted by molar-refractivity contribution is 0.272. The number of phenols is 2. The molecule has 3 heteroatoms. The van der Waals surface area contributed by atoms with Gasteiger partial charge in [-0.2, -0.15) is 0 Å². The van der Waals surface area contributed by atoms with Gasteiger partial charge in [-0.1, -0.05) is 6.92 Å². The maximum Gasteiger partial charge on any atom is 0.160 e. The first kappa shape index (κ1) is 10.9. The Morgan fingerprint density at radius 3 is 2.29 bits per heavy atom. The van der Waals surface area contributed by atoms with Gasteiger partial charge >= 0.3 is 0 Å². The van der Waals surface area contributed by atoms with Crippen LogP contribution in [-0.4, -0.2) is 21.9 Å². The average Bonchev–Trinajstić information content (AvgIpc) is 2.19. The first-order chi connectivity index (χ1) is 6.49. The average molecular weight is 196 g/mol. The second-order valence-corrected chi connectivity index (χ2v) is 3.67. The smallest absolute Gasteiger partial charge is 0.160 e. The molecule has 0 heterocycles. The van der Waals surface area contributed by atoms with E-state index in [1.54, 1.807) is 6.92 Å². The Labute approximate surface area is 83.6 Å². The van der Waals surface area contributed by atoms with Crippen LogP contribution in [0.1, 0.15) is 29.5 Å². The van der Waals surface area contributed by atoms with Gasteiger partial charge in [-0.25, -0.2) is 0 Å². The van der Waals surface area contributed by atoms with Gasteiger partial charge in [-0.15, -0.1) is 0 Å². The lowest BCUT2D eigenvalue weighted by atomic mass is 9.93. The zero-order valence-corrected chi connectivity index (χ0v) is 8.70. The Hall–Kier alpha value is -1.22. The summed E-state index contributed by atoms with van der Waals surface area (Å²) >= 11 is 0. The number of aliphatic hydroxyl groups is 1. The van der Waals surface area contributed by atoms with Gasteiger partial charge in [-0.3, -0.25) is 0 Å². The van der Waals surface area contributed by atoms with Gasteiger partial charge in [0.25, 0.3) is 0 Å². The summed E-state index contributed by atoms with van der Waals surface area (Å²) in [5, 5.41) is 27.9. The third-order valence-electron chi connectivity index (χ3n) is 2.69. The molecule has 1 atom stereocenters. The number of aliphatic hydroxyl groups excluding tert-OH is 1. The second kappa shape index (κ2) is 3.88. The van der Waals surface area contributed by atoms with Crippen LogP contribution in [0.4, 0.5) is 0 Å². The minimum Gasteiger partial charge on any atom is -0.504 e. The minimum atomic E-state index is -0.122. The fourth-order valence-corrected chi connectivity index (χ4v) is 1.52. The van der Waals surface area contributed by atoms with Crippen LogP contribution < -0.4 is 0 Å². The van der Waals surface area contributed by atoms with Crippen LogP contribution in [-0.2, 0) is 0 Å². The molecule has 0 saturated heterocycles. The van der Waals surface area contributed by atoms with E-state index in [4.69, 9.17) is 5.11 Å². The van der Waals surface area contributed by atoms with Crippen molar-refractivity contribution in [1.82, 2.24) is 0 Å². The molecule has 14 heavy (non-hydrogen) atoms. The Balaban J connectivity index is 3.33. The Morgan fingerprint density at radius 2 is 1.79 bits per heavy atom. The molecule has 0 aliphatic rings. The summed E-state index contributed by atoms with van der Waals surface area (Å²) in [6.07, 6.45) is 0. The van der Waals surface area contributed by atoms with Crippen LogP contribution in [0.25, 0.3) is 0 Å². The number of aromatic hydroxyl groups is 2. The van der Waals surface area contributed by atoms with Crippen LogP contribution >= 0.6 is 0 Å². The second-order valence-electron chi connectivity index (χ2n) is 3.67. The molecular formula is C11H16O3. The maximum absolute atomic E-state index is 9.45. The molecule has 0 aliphatic carbocycles. The normalized spacial score (nSPS) is 12.9. The van der Waals surface area contributed by atoms with Crippen LogP contribution in [0.15, 0.2) is 6.07 Å². The van der Waals surface area contributed by atoms with Gasteiger partial charge in [0.1, 0.15) is 0 Å². The molecule has 78 valence electrons. The van der Waals surface area contributed by atoms with Crippen molar-refractivity contribution in [3.63, 3.8) is 0 Å². The van der Waals surface area contributed by atoms with Crippen molar-refractivity contribution >= 4 is 0 Å². The van der Waals surface area contributed by atoms with Gasteiger partial charge in [0.15, 0.2) is 11.5 Å². The van der Waals surface area contributed by atoms with E-state index in [-0.39, 0.29) is 24.0 Å². The first-order valence-electron chi connectivity index (χ1n) is 4.62. The standard InChI is InChI=1S/C11H16O3/c1-6(5-12)9-4-10(13)11(14)8(3)7(9)2/h4,6,12-14H,5H2,1-3H3. The molecule has 0 aliphatic heterocycles. The molecule has 0 radical (unpaired) electrons. The molecule has 0 bridgehead atoms. The highest BCUT2D eigenvalue weighted by molar-refractivity contribution is 5.52. The molecule has 1 aromatic carbocycles. The van der Waals surface area contributed by atoms with E-state index in [1.807, 2.05) is 13.8 Å². The quantitative estimate of drug-likeness (QED) is 0.632. The molecule has 1 aromatic rings. The molecule has 0 amide bonds. The Morgan fingerprint density at radius 1 is 1.21 bits per heavy atom. The van der Waals surface area contributed by atoms with Gasteiger partial charge in [-0.05, 0) is 36.6 Å². The van der Waals surface area contributed by atoms with Gasteiger partial charge < -0.3 is 15.3 Å². The number of phenolic OH excluding ortho intramolecular Hbond substituents is 2. The SMILES string of the molecule is Cc1c(C(C)CO)cc(O)c(O)c1C. The number of hydrogen-bond acceptors (Lipinski definition) is 3. The molecule has 3 N–H and O–H groups in total. The van der Waals surface area contributed by atoms with Crippen LogP contribution in [0, 0.1) is 13.8 Å². The predicted octanol–water partition coefficient (Wildman–Crippen LogP) is 1.81. The highest BCUT2D eigenvalue weighted by Crippen LogP contribution is 2.35. The fraction of sp³-hybridized carbons (Fsp3) is 0.455. The van der Waals surface area contributed by atoms with Gasteiger partial charge in [0.05, 0.1) is 0 Å². The van der Waals surface area contributed by atoms with E-state index in [0.29, 0.717) is 5.56 Å². The third-order valence-corrected chi connectivity index (χ3v) is 2.69. The molecule has 3 nitrogen and oxygen atoms in total. The van der Waals surface area contributed by atoms with E-state index in [2.05, 4.69) is 0 Å². The summed E-state index contributed by atoms with van der Waals surface area (Å²) in [5.74, 6) is -0.222. The van der Waals surface area contributed by atoms with E-state index >= 15 is 0 Å². The first-order valence-corrected chi connectivity index (χ1v) is 4.62. The zero-order chi connectivity index (χ0) is 10.9. The predicted molar refractivity (Wildman–Crippen MR) is 54.7 cm³/mol. The van der Waals surface area contributed by atoms with Gasteiger partial charge in [0.2, 0.25) is 0 Å². The molecule has 1 rings (SSSR count). The Bertz CT molecular complexity index is 345. The van der Waals surface area contributed by atoms with E-state index < -0.39 is 0 Å². The van der Waals surface area contributed by atoms with Crippen molar-refractivity contribution in [3.05, 3.63) is 22.8 Å². The summed E-state index contributed by atoms with van der Waals surface area (Å²) < 4.78 is 0. The van der Waals surface area contributed by atoms with Crippen molar-refractivity contribution in [2.45, 2.75) is 26.7 Å². The molecule has 0 aromatic heterocycles. The number of rotatable bonds is 2. The minimum absolute atomic E-state index is 0.0276. The van der Waals surface area contributed by atoms with Crippen LogP contribution in [0.5, 0.6) is 11.5 Å². The van der Waals surface area contributed by atoms with Crippen LogP contribution in [0.2, 0.25) is 0 Å². The topological polar surface area (TPSA) is 60.7 Å². The fourth-order valence-electron chi connectivity index (χ4n) is 1.52. The summed E-state index contributed by atoms with van der Waals surface area (Å²) in [6.45, 7) is 5.52. The molecule has 0 fully saturated rings. The molecular weight excluding hydrogens is 180 g/mol. The molecule has 1 unspecified atom stereocenters. The molecule has 0 spiro atoms. The number of benzene rings is 1. The summed E-state index contributed by atoms with van der Waals surface area (Å²) in [4.78, 5) is 0. The van der Waals surface area contributed by atoms with Crippen molar-refractivity contribution < 1.29 is 15.3 Å². The van der Waals surface area contributed by atoms with Gasteiger partial charge in [0, 0.05) is 12.5 Å². The van der Waals surface area contributed by atoms with E-state index in [1.165, 1.54) is 6.07 Å². The summed E-state index contributed by atoms with van der Waals surface area (Å²) in [6, 6.07) is 1.51. The third kappa shape index (κ3) is 1.68. The van der Waals surface area contributed by atoms with Crippen molar-refractivity contribution in [2.75, 3.05) is 6.61 Å². The highest BCUT2D eigenvalue weighted by atomic mass is 16.3. The lowest BCUT2D eigenvalue weighted by Gasteiger charge is -2.15. The summed E-state index contributed by atoms with van der Waals surface area (Å²) in [5.41, 5.74) is 2.46. The van der Waals surface area contributed by atoms with E-state index in [0.717, 1.165) is 11.1 Å². The maximum atomic E-state index is 9.45. The van der Waals surface area contributed by atoms with E-state index in [9.17, 15) is 10.2 Å². The zero-order valence-electron chi connectivity index (χ0n) is 8.70. The number of hydrogen-bond donors (Lipinski definition) is 3.